The van der Waals surface area contributed by atoms with E-state index >= 15 is 0 Å². The van der Waals surface area contributed by atoms with Gasteiger partial charge in [-0.3, -0.25) is 0 Å². The Bertz CT molecular complexity index is 155. The molecule has 0 bridgehead atoms. The van der Waals surface area contributed by atoms with E-state index in [2.05, 4.69) is 5.32 Å². The number of amides is 1. The van der Waals surface area contributed by atoms with E-state index in [1.807, 2.05) is 0 Å². The van der Waals surface area contributed by atoms with Crippen molar-refractivity contribution >= 4 is 6.09 Å². The zero-order chi connectivity index (χ0) is 8.97. The van der Waals surface area contributed by atoms with Crippen LogP contribution >= 0.6 is 0 Å². The lowest BCUT2D eigenvalue weighted by Gasteiger charge is -2.22. The summed E-state index contributed by atoms with van der Waals surface area (Å²) in [6, 6.07) is -0.0162. The number of nitrogens with two attached hydrogens (primary N) is 1. The highest BCUT2D eigenvalue weighted by molar-refractivity contribution is 5.64. The molecule has 1 fully saturated rings. The average Bonchev–Trinajstić information content (AvgIpc) is 2.30. The van der Waals surface area contributed by atoms with Crippen LogP contribution in [-0.4, -0.2) is 35.3 Å². The molecule has 0 aromatic rings. The second-order valence-electron chi connectivity index (χ2n) is 3.02. The molecule has 1 heterocycles. The molecule has 1 atom stereocenters. The largest absolute Gasteiger partial charge is 0.464 e. The normalized spacial score (nSPS) is 24.6. The SMILES string of the molecule is NN(C(=O)O)[C@@H]1CCCNCC1. The summed E-state index contributed by atoms with van der Waals surface area (Å²) in [4.78, 5) is 10.5. The molecular formula is C7H15N3O2. The van der Waals surface area contributed by atoms with E-state index in [4.69, 9.17) is 10.9 Å². The summed E-state index contributed by atoms with van der Waals surface area (Å²) < 4.78 is 0. The highest BCUT2D eigenvalue weighted by Gasteiger charge is 2.20. The summed E-state index contributed by atoms with van der Waals surface area (Å²) in [7, 11) is 0. The maximum atomic E-state index is 10.5. The first-order chi connectivity index (χ1) is 5.72. The second kappa shape index (κ2) is 4.27. The van der Waals surface area contributed by atoms with E-state index in [-0.39, 0.29) is 6.04 Å². The van der Waals surface area contributed by atoms with Crippen LogP contribution in [0.25, 0.3) is 0 Å². The molecule has 5 heteroatoms. The summed E-state index contributed by atoms with van der Waals surface area (Å²) in [5.41, 5.74) is 0. The molecule has 4 N–H and O–H groups in total. The van der Waals surface area contributed by atoms with Crippen molar-refractivity contribution in [2.45, 2.75) is 25.3 Å². The van der Waals surface area contributed by atoms with Crippen LogP contribution in [0.5, 0.6) is 0 Å². The van der Waals surface area contributed by atoms with Gasteiger partial charge in [0.1, 0.15) is 0 Å². The van der Waals surface area contributed by atoms with E-state index in [1.165, 1.54) is 0 Å². The van der Waals surface area contributed by atoms with Gasteiger partial charge in [-0.05, 0) is 32.4 Å². The van der Waals surface area contributed by atoms with E-state index < -0.39 is 6.09 Å². The van der Waals surface area contributed by atoms with Gasteiger partial charge in [0.2, 0.25) is 0 Å². The minimum atomic E-state index is -1.04. The van der Waals surface area contributed by atoms with Crippen LogP contribution in [0, 0.1) is 0 Å². The fourth-order valence-electron chi connectivity index (χ4n) is 1.44. The zero-order valence-electron chi connectivity index (χ0n) is 6.99. The second-order valence-corrected chi connectivity index (χ2v) is 3.02. The van der Waals surface area contributed by atoms with Crippen LogP contribution in [0.2, 0.25) is 0 Å². The van der Waals surface area contributed by atoms with Gasteiger partial charge in [-0.1, -0.05) is 0 Å². The third-order valence-corrected chi connectivity index (χ3v) is 2.16. The Morgan fingerprint density at radius 3 is 2.92 bits per heavy atom. The minimum absolute atomic E-state index is 0.0162. The van der Waals surface area contributed by atoms with Gasteiger partial charge in [0.25, 0.3) is 0 Å². The fraction of sp³-hybridized carbons (Fsp3) is 0.857. The summed E-state index contributed by atoms with van der Waals surface area (Å²) in [6.07, 6.45) is 1.62. The van der Waals surface area contributed by atoms with Crippen LogP contribution in [-0.2, 0) is 0 Å². The third-order valence-electron chi connectivity index (χ3n) is 2.16. The van der Waals surface area contributed by atoms with Crippen molar-refractivity contribution in [2.75, 3.05) is 13.1 Å². The van der Waals surface area contributed by atoms with E-state index in [0.717, 1.165) is 37.4 Å². The first kappa shape index (κ1) is 9.28. The molecule has 1 aliphatic heterocycles. The molecule has 1 aliphatic rings. The summed E-state index contributed by atoms with van der Waals surface area (Å²) in [6.45, 7) is 1.82. The number of carboxylic acid groups (broad SMARTS) is 1. The number of rotatable bonds is 1. The summed E-state index contributed by atoms with van der Waals surface area (Å²) in [5, 5.41) is 12.7. The molecule has 0 aromatic carbocycles. The van der Waals surface area contributed by atoms with Gasteiger partial charge in [-0.15, -0.1) is 0 Å². The quantitative estimate of drug-likeness (QED) is 0.296. The lowest BCUT2D eigenvalue weighted by molar-refractivity contribution is 0.120. The predicted octanol–water partition coefficient (Wildman–Crippen LogP) is -0.0178. The lowest BCUT2D eigenvalue weighted by atomic mass is 10.1. The monoisotopic (exact) mass is 173 g/mol. The van der Waals surface area contributed by atoms with Crippen LogP contribution in [0.15, 0.2) is 0 Å². The summed E-state index contributed by atoms with van der Waals surface area (Å²) in [5.74, 6) is 5.37. The van der Waals surface area contributed by atoms with Gasteiger partial charge in [0.15, 0.2) is 0 Å². The first-order valence-corrected chi connectivity index (χ1v) is 4.19. The fourth-order valence-corrected chi connectivity index (χ4v) is 1.44. The number of hydrazine groups is 1. The van der Waals surface area contributed by atoms with Crippen LogP contribution < -0.4 is 11.2 Å². The van der Waals surface area contributed by atoms with Gasteiger partial charge in [-0.25, -0.2) is 15.6 Å². The Morgan fingerprint density at radius 2 is 2.25 bits per heavy atom. The maximum absolute atomic E-state index is 10.5. The van der Waals surface area contributed by atoms with Crippen LogP contribution in [0.3, 0.4) is 0 Å². The molecule has 1 amide bonds. The van der Waals surface area contributed by atoms with Gasteiger partial charge in [0.05, 0.1) is 6.04 Å². The van der Waals surface area contributed by atoms with E-state index in [0.29, 0.717) is 0 Å². The third kappa shape index (κ3) is 2.35. The van der Waals surface area contributed by atoms with Gasteiger partial charge >= 0.3 is 6.09 Å². The number of carbonyl (C=O) groups is 1. The molecule has 0 radical (unpaired) electrons. The lowest BCUT2D eigenvalue weighted by Crippen LogP contribution is -2.45. The Balaban J connectivity index is 2.42. The molecule has 0 unspecified atom stereocenters. The molecule has 0 aromatic heterocycles. The average molecular weight is 173 g/mol. The first-order valence-electron chi connectivity index (χ1n) is 4.19. The van der Waals surface area contributed by atoms with Gasteiger partial charge in [0, 0.05) is 0 Å². The zero-order valence-corrected chi connectivity index (χ0v) is 6.99. The molecule has 70 valence electrons. The maximum Gasteiger partial charge on any atom is 0.421 e. The van der Waals surface area contributed by atoms with Crippen LogP contribution in [0.4, 0.5) is 4.79 Å². The Morgan fingerprint density at radius 1 is 1.50 bits per heavy atom. The van der Waals surface area contributed by atoms with E-state index in [9.17, 15) is 4.79 Å². The Hall–Kier alpha value is -0.810. The Kier molecular flexibility index (Phi) is 3.31. The van der Waals surface area contributed by atoms with E-state index in [1.54, 1.807) is 0 Å². The Labute approximate surface area is 71.5 Å². The molecule has 0 spiro atoms. The highest BCUT2D eigenvalue weighted by atomic mass is 16.4. The van der Waals surface area contributed by atoms with Crippen molar-refractivity contribution in [3.8, 4) is 0 Å². The minimum Gasteiger partial charge on any atom is -0.464 e. The van der Waals surface area contributed by atoms with Crippen molar-refractivity contribution in [1.82, 2.24) is 10.3 Å². The van der Waals surface area contributed by atoms with Crippen molar-refractivity contribution in [2.24, 2.45) is 5.84 Å². The molecule has 12 heavy (non-hydrogen) atoms. The molecule has 1 rings (SSSR count). The molecule has 0 aliphatic carbocycles. The highest BCUT2D eigenvalue weighted by Crippen LogP contribution is 2.09. The van der Waals surface area contributed by atoms with Crippen LogP contribution in [0.1, 0.15) is 19.3 Å². The standard InChI is InChI=1S/C7H15N3O2/c8-10(7(11)12)6-2-1-4-9-5-3-6/h6,9H,1-5,8H2,(H,11,12)/t6-/m1/s1. The number of hydrogen-bond acceptors (Lipinski definition) is 3. The van der Waals surface area contributed by atoms with Gasteiger partial charge < -0.3 is 10.4 Å². The summed E-state index contributed by atoms with van der Waals surface area (Å²) >= 11 is 0. The van der Waals surface area contributed by atoms with Crippen molar-refractivity contribution in [3.05, 3.63) is 0 Å². The predicted molar refractivity (Wildman–Crippen MR) is 44.6 cm³/mol. The smallest absolute Gasteiger partial charge is 0.421 e. The van der Waals surface area contributed by atoms with Crippen molar-refractivity contribution in [3.63, 3.8) is 0 Å². The van der Waals surface area contributed by atoms with Crippen molar-refractivity contribution < 1.29 is 9.90 Å². The molecule has 1 saturated heterocycles. The van der Waals surface area contributed by atoms with Crippen molar-refractivity contribution in [1.29, 1.82) is 0 Å². The molecule has 5 nitrogen and oxygen atoms in total. The number of nitrogens with zero attached hydrogens (tertiary/aromatic N) is 1. The van der Waals surface area contributed by atoms with Gasteiger partial charge in [-0.2, -0.15) is 0 Å². The number of hydrogen-bond donors (Lipinski definition) is 3. The topological polar surface area (TPSA) is 78.6 Å². The number of nitrogens with one attached hydrogen (secondary N) is 1. The molecular weight excluding hydrogens is 158 g/mol. The molecule has 0 saturated carbocycles.